The maximum atomic E-state index is 6.15. The Labute approximate surface area is 130 Å². The first-order valence-corrected chi connectivity index (χ1v) is 7.33. The average molecular weight is 307 g/mol. The third-order valence-corrected chi connectivity index (χ3v) is 3.27. The largest absolute Gasteiger partial charge is 0.494 e. The van der Waals surface area contributed by atoms with Crippen molar-refractivity contribution in [1.82, 2.24) is 9.97 Å². The molecular formula is C16H19ClN2O2. The van der Waals surface area contributed by atoms with Gasteiger partial charge in [-0.2, -0.15) is 4.98 Å². The predicted molar refractivity (Wildman–Crippen MR) is 83.6 cm³/mol. The van der Waals surface area contributed by atoms with Crippen molar-refractivity contribution in [3.63, 3.8) is 0 Å². The Kier molecular flexibility index (Phi) is 5.02. The van der Waals surface area contributed by atoms with Gasteiger partial charge in [-0.1, -0.05) is 31.5 Å². The van der Waals surface area contributed by atoms with Gasteiger partial charge < -0.3 is 9.47 Å². The van der Waals surface area contributed by atoms with Crippen molar-refractivity contribution >= 4 is 11.6 Å². The number of benzene rings is 1. The minimum atomic E-state index is 0.181. The fraction of sp³-hybridized carbons (Fsp3) is 0.375. The number of hydrogen-bond acceptors (Lipinski definition) is 4. The molecule has 5 heteroatoms. The second-order valence-electron chi connectivity index (χ2n) is 4.97. The summed E-state index contributed by atoms with van der Waals surface area (Å²) in [6, 6.07) is 7.44. The Morgan fingerprint density at radius 1 is 1.19 bits per heavy atom. The number of halogens is 1. The standard InChI is InChI=1S/C16H19ClN2O2/c1-5-20-12-7-6-8-13(9-12)21-16-11(4)14(17)18-15(19-16)10(2)3/h6-10H,5H2,1-4H3. The van der Waals surface area contributed by atoms with Crippen molar-refractivity contribution in [2.45, 2.75) is 33.6 Å². The smallest absolute Gasteiger partial charge is 0.227 e. The SMILES string of the molecule is CCOc1cccc(Oc2nc(C(C)C)nc(Cl)c2C)c1. The lowest BCUT2D eigenvalue weighted by atomic mass is 10.2. The monoisotopic (exact) mass is 306 g/mol. The highest BCUT2D eigenvalue weighted by atomic mass is 35.5. The van der Waals surface area contributed by atoms with E-state index in [1.165, 1.54) is 0 Å². The first-order chi connectivity index (χ1) is 10.0. The van der Waals surface area contributed by atoms with Crippen LogP contribution in [0.15, 0.2) is 24.3 Å². The zero-order valence-corrected chi connectivity index (χ0v) is 13.4. The topological polar surface area (TPSA) is 44.2 Å². The van der Waals surface area contributed by atoms with Crippen molar-refractivity contribution in [3.05, 3.63) is 40.8 Å². The van der Waals surface area contributed by atoms with Crippen LogP contribution in [-0.2, 0) is 0 Å². The minimum absolute atomic E-state index is 0.181. The van der Waals surface area contributed by atoms with E-state index in [0.29, 0.717) is 29.2 Å². The van der Waals surface area contributed by atoms with Gasteiger partial charge >= 0.3 is 0 Å². The Morgan fingerprint density at radius 2 is 1.90 bits per heavy atom. The Hall–Kier alpha value is -1.81. The van der Waals surface area contributed by atoms with E-state index in [0.717, 1.165) is 11.3 Å². The summed E-state index contributed by atoms with van der Waals surface area (Å²) in [5.41, 5.74) is 0.725. The van der Waals surface area contributed by atoms with Crippen LogP contribution in [0.3, 0.4) is 0 Å². The molecule has 0 bridgehead atoms. The van der Waals surface area contributed by atoms with Gasteiger partial charge in [0, 0.05) is 17.5 Å². The second-order valence-corrected chi connectivity index (χ2v) is 5.33. The average Bonchev–Trinajstić information content (AvgIpc) is 2.44. The van der Waals surface area contributed by atoms with Crippen LogP contribution in [0.5, 0.6) is 17.4 Å². The molecule has 1 heterocycles. The van der Waals surface area contributed by atoms with Gasteiger partial charge in [-0.3, -0.25) is 0 Å². The zero-order chi connectivity index (χ0) is 15.4. The predicted octanol–water partition coefficient (Wildman–Crippen LogP) is 4.75. The summed E-state index contributed by atoms with van der Waals surface area (Å²) >= 11 is 6.15. The van der Waals surface area contributed by atoms with Crippen LogP contribution >= 0.6 is 11.6 Å². The molecule has 0 atom stereocenters. The Bertz CT molecular complexity index is 630. The molecule has 0 amide bonds. The lowest BCUT2D eigenvalue weighted by Gasteiger charge is -2.12. The third kappa shape index (κ3) is 3.85. The Balaban J connectivity index is 2.32. The molecule has 0 radical (unpaired) electrons. The second kappa shape index (κ2) is 6.76. The summed E-state index contributed by atoms with van der Waals surface area (Å²) in [5.74, 6) is 2.75. The summed E-state index contributed by atoms with van der Waals surface area (Å²) in [6.07, 6.45) is 0. The highest BCUT2D eigenvalue weighted by molar-refractivity contribution is 6.30. The van der Waals surface area contributed by atoms with Crippen molar-refractivity contribution < 1.29 is 9.47 Å². The molecule has 1 aromatic heterocycles. The van der Waals surface area contributed by atoms with Crippen LogP contribution in [-0.4, -0.2) is 16.6 Å². The molecule has 0 fully saturated rings. The van der Waals surface area contributed by atoms with E-state index in [4.69, 9.17) is 21.1 Å². The molecule has 4 nitrogen and oxygen atoms in total. The first kappa shape index (κ1) is 15.6. The number of nitrogens with zero attached hydrogens (tertiary/aromatic N) is 2. The lowest BCUT2D eigenvalue weighted by molar-refractivity contribution is 0.337. The molecule has 1 aromatic carbocycles. The number of hydrogen-bond donors (Lipinski definition) is 0. The molecule has 0 aliphatic heterocycles. The summed E-state index contributed by atoms with van der Waals surface area (Å²) in [5, 5.41) is 0.421. The highest BCUT2D eigenvalue weighted by Crippen LogP contribution is 2.30. The molecule has 0 saturated heterocycles. The molecule has 112 valence electrons. The maximum absolute atomic E-state index is 6.15. The van der Waals surface area contributed by atoms with Crippen molar-refractivity contribution in [1.29, 1.82) is 0 Å². The van der Waals surface area contributed by atoms with Crippen LogP contribution in [0.2, 0.25) is 5.15 Å². The highest BCUT2D eigenvalue weighted by Gasteiger charge is 2.13. The number of aromatic nitrogens is 2. The van der Waals surface area contributed by atoms with Crippen molar-refractivity contribution in [2.75, 3.05) is 6.61 Å². The Morgan fingerprint density at radius 3 is 2.57 bits per heavy atom. The summed E-state index contributed by atoms with van der Waals surface area (Å²) in [4.78, 5) is 8.72. The minimum Gasteiger partial charge on any atom is -0.494 e. The van der Waals surface area contributed by atoms with E-state index in [1.54, 1.807) is 0 Å². The fourth-order valence-electron chi connectivity index (χ4n) is 1.75. The number of ether oxygens (including phenoxy) is 2. The van der Waals surface area contributed by atoms with Gasteiger partial charge in [0.2, 0.25) is 5.88 Å². The van der Waals surface area contributed by atoms with Gasteiger partial charge in [-0.25, -0.2) is 4.98 Å². The molecule has 0 N–H and O–H groups in total. The van der Waals surface area contributed by atoms with E-state index in [9.17, 15) is 0 Å². The zero-order valence-electron chi connectivity index (χ0n) is 12.7. The van der Waals surface area contributed by atoms with Gasteiger partial charge in [-0.15, -0.1) is 0 Å². The summed E-state index contributed by atoms with van der Waals surface area (Å²) < 4.78 is 11.3. The van der Waals surface area contributed by atoms with E-state index in [2.05, 4.69) is 9.97 Å². The van der Waals surface area contributed by atoms with Gasteiger partial charge in [0.1, 0.15) is 22.5 Å². The van der Waals surface area contributed by atoms with E-state index in [-0.39, 0.29) is 5.92 Å². The molecule has 0 aliphatic rings. The molecule has 21 heavy (non-hydrogen) atoms. The number of rotatable bonds is 5. The summed E-state index contributed by atoms with van der Waals surface area (Å²) in [7, 11) is 0. The molecule has 0 aliphatic carbocycles. The van der Waals surface area contributed by atoms with Crippen molar-refractivity contribution in [2.24, 2.45) is 0 Å². The van der Waals surface area contributed by atoms with E-state index < -0.39 is 0 Å². The lowest BCUT2D eigenvalue weighted by Crippen LogP contribution is -2.02. The van der Waals surface area contributed by atoms with E-state index >= 15 is 0 Å². The molecular weight excluding hydrogens is 288 g/mol. The van der Waals surface area contributed by atoms with Gasteiger partial charge in [0.15, 0.2) is 0 Å². The third-order valence-electron chi connectivity index (χ3n) is 2.91. The maximum Gasteiger partial charge on any atom is 0.227 e. The van der Waals surface area contributed by atoms with Crippen LogP contribution < -0.4 is 9.47 Å². The van der Waals surface area contributed by atoms with Crippen LogP contribution in [0.4, 0.5) is 0 Å². The van der Waals surface area contributed by atoms with Crippen LogP contribution in [0.25, 0.3) is 0 Å². The van der Waals surface area contributed by atoms with Crippen molar-refractivity contribution in [3.8, 4) is 17.4 Å². The van der Waals surface area contributed by atoms with Crippen LogP contribution in [0.1, 0.15) is 38.1 Å². The van der Waals surface area contributed by atoms with Gasteiger partial charge in [0.25, 0.3) is 0 Å². The van der Waals surface area contributed by atoms with Gasteiger partial charge in [-0.05, 0) is 26.0 Å². The summed E-state index contributed by atoms with van der Waals surface area (Å²) in [6.45, 7) is 8.42. The first-order valence-electron chi connectivity index (χ1n) is 6.96. The molecule has 2 aromatic rings. The molecule has 0 saturated carbocycles. The molecule has 2 rings (SSSR count). The molecule has 0 spiro atoms. The van der Waals surface area contributed by atoms with Gasteiger partial charge in [0.05, 0.1) is 6.61 Å². The van der Waals surface area contributed by atoms with Crippen LogP contribution in [0, 0.1) is 6.92 Å². The molecule has 0 unspecified atom stereocenters. The quantitative estimate of drug-likeness (QED) is 0.748. The fourth-order valence-corrected chi connectivity index (χ4v) is 1.92. The van der Waals surface area contributed by atoms with E-state index in [1.807, 2.05) is 52.0 Å². The normalized spacial score (nSPS) is 10.8.